The number of carbonyl (C=O) groups excluding carboxylic acids is 1. The first-order valence-corrected chi connectivity index (χ1v) is 9.03. The quantitative estimate of drug-likeness (QED) is 0.583. The molecule has 0 N–H and O–H groups in total. The van der Waals surface area contributed by atoms with E-state index < -0.39 is 11.7 Å². The maximum absolute atomic E-state index is 13.1. The molecule has 138 valence electrons. The molecular weight excluding hydrogens is 353 g/mol. The minimum absolute atomic E-state index is 0.278. The molecule has 3 aromatic rings. The van der Waals surface area contributed by atoms with Gasteiger partial charge in [0.15, 0.2) is 5.71 Å². The molecule has 3 aromatic carbocycles. The molecule has 4 rings (SSSR count). The lowest BCUT2D eigenvalue weighted by Crippen LogP contribution is -2.24. The SMILES string of the molecule is O=C1OC(C/C=C/c2ccc(F)cc2)(c2ccccc2)N=C1c1ccccc1. The largest absolute Gasteiger partial charge is 0.428 e. The summed E-state index contributed by atoms with van der Waals surface area (Å²) < 4.78 is 18.9. The Bertz CT molecular complexity index is 1030. The number of benzene rings is 3. The molecule has 28 heavy (non-hydrogen) atoms. The zero-order chi connectivity index (χ0) is 19.4. The Kier molecular flexibility index (Phi) is 4.85. The second-order valence-electron chi connectivity index (χ2n) is 6.52. The summed E-state index contributed by atoms with van der Waals surface area (Å²) in [5.74, 6) is -0.718. The minimum atomic E-state index is -1.11. The average molecular weight is 371 g/mol. The number of cyclic esters (lactones) is 1. The van der Waals surface area contributed by atoms with Crippen LogP contribution in [0.1, 0.15) is 23.1 Å². The van der Waals surface area contributed by atoms with E-state index in [2.05, 4.69) is 0 Å². The number of rotatable bonds is 5. The highest BCUT2D eigenvalue weighted by atomic mass is 19.1. The van der Waals surface area contributed by atoms with Crippen molar-refractivity contribution in [2.75, 3.05) is 0 Å². The van der Waals surface area contributed by atoms with Gasteiger partial charge in [-0.1, -0.05) is 84.9 Å². The number of hydrogen-bond acceptors (Lipinski definition) is 3. The third kappa shape index (κ3) is 3.62. The van der Waals surface area contributed by atoms with Gasteiger partial charge in [-0.25, -0.2) is 14.2 Å². The Morgan fingerprint density at radius 1 is 0.893 bits per heavy atom. The number of nitrogens with zero attached hydrogens (tertiary/aromatic N) is 1. The second-order valence-corrected chi connectivity index (χ2v) is 6.52. The Morgan fingerprint density at radius 3 is 2.21 bits per heavy atom. The molecule has 0 amide bonds. The molecule has 0 aliphatic carbocycles. The van der Waals surface area contributed by atoms with Crippen LogP contribution >= 0.6 is 0 Å². The standard InChI is InChI=1S/C24H18FNO2/c25-21-15-13-18(14-16-21)8-7-17-24(20-11-5-2-6-12-20)26-22(23(27)28-24)19-9-3-1-4-10-19/h1-16H,17H2/b8-7+. The normalized spacial score (nSPS) is 18.9. The summed E-state index contributed by atoms with van der Waals surface area (Å²) in [5, 5.41) is 0. The molecule has 0 bridgehead atoms. The summed E-state index contributed by atoms with van der Waals surface area (Å²) in [6.07, 6.45) is 4.13. The summed E-state index contributed by atoms with van der Waals surface area (Å²) in [4.78, 5) is 17.3. The van der Waals surface area contributed by atoms with Crippen molar-refractivity contribution < 1.29 is 13.9 Å². The monoisotopic (exact) mass is 371 g/mol. The van der Waals surface area contributed by atoms with Crippen molar-refractivity contribution in [1.29, 1.82) is 0 Å². The van der Waals surface area contributed by atoms with E-state index in [0.717, 1.165) is 16.7 Å². The molecule has 1 atom stereocenters. The molecular formula is C24H18FNO2. The predicted octanol–water partition coefficient (Wildman–Crippen LogP) is 5.13. The molecule has 4 heteroatoms. The van der Waals surface area contributed by atoms with E-state index in [9.17, 15) is 9.18 Å². The van der Waals surface area contributed by atoms with Crippen LogP contribution in [0.2, 0.25) is 0 Å². The number of aliphatic imine (C=N–C) groups is 1. The molecule has 3 nitrogen and oxygen atoms in total. The van der Waals surface area contributed by atoms with Crippen molar-refractivity contribution in [3.63, 3.8) is 0 Å². The van der Waals surface area contributed by atoms with E-state index in [-0.39, 0.29) is 5.82 Å². The zero-order valence-corrected chi connectivity index (χ0v) is 15.1. The first-order valence-electron chi connectivity index (χ1n) is 9.03. The van der Waals surface area contributed by atoms with Crippen molar-refractivity contribution in [1.82, 2.24) is 0 Å². The third-order valence-corrected chi connectivity index (χ3v) is 4.59. The molecule has 0 radical (unpaired) electrons. The highest BCUT2D eigenvalue weighted by Crippen LogP contribution is 2.37. The Balaban J connectivity index is 1.69. The topological polar surface area (TPSA) is 38.7 Å². The van der Waals surface area contributed by atoms with Crippen LogP contribution in [0.5, 0.6) is 0 Å². The van der Waals surface area contributed by atoms with Crippen LogP contribution < -0.4 is 0 Å². The van der Waals surface area contributed by atoms with E-state index >= 15 is 0 Å². The van der Waals surface area contributed by atoms with Gasteiger partial charge in [-0.2, -0.15) is 0 Å². The van der Waals surface area contributed by atoms with Crippen molar-refractivity contribution >= 4 is 17.8 Å². The van der Waals surface area contributed by atoms with Crippen LogP contribution in [-0.4, -0.2) is 11.7 Å². The molecule has 1 aliphatic heterocycles. The van der Waals surface area contributed by atoms with E-state index in [0.29, 0.717) is 12.1 Å². The first-order chi connectivity index (χ1) is 13.7. The van der Waals surface area contributed by atoms with Crippen LogP contribution in [0.3, 0.4) is 0 Å². The number of halogens is 1. The zero-order valence-electron chi connectivity index (χ0n) is 15.1. The van der Waals surface area contributed by atoms with Gasteiger partial charge in [-0.15, -0.1) is 0 Å². The average Bonchev–Trinajstić information content (AvgIpc) is 3.08. The molecule has 0 saturated carbocycles. The lowest BCUT2D eigenvalue weighted by atomic mass is 9.99. The molecule has 1 unspecified atom stereocenters. The number of esters is 1. The van der Waals surface area contributed by atoms with E-state index in [1.807, 2.05) is 72.8 Å². The van der Waals surface area contributed by atoms with Crippen molar-refractivity contribution in [2.24, 2.45) is 4.99 Å². The highest BCUT2D eigenvalue weighted by molar-refractivity contribution is 6.44. The first kappa shape index (κ1) is 17.9. The Hall–Kier alpha value is -3.53. The van der Waals surface area contributed by atoms with E-state index in [1.165, 1.54) is 12.1 Å². The van der Waals surface area contributed by atoms with Gasteiger partial charge < -0.3 is 4.74 Å². The Labute approximate surface area is 162 Å². The Morgan fingerprint density at radius 2 is 1.54 bits per heavy atom. The smallest absolute Gasteiger partial charge is 0.359 e. The van der Waals surface area contributed by atoms with Gasteiger partial charge >= 0.3 is 5.97 Å². The number of ether oxygens (including phenoxy) is 1. The van der Waals surface area contributed by atoms with Crippen LogP contribution in [0.15, 0.2) is 96.0 Å². The molecule has 1 heterocycles. The molecule has 0 fully saturated rings. The van der Waals surface area contributed by atoms with Crippen LogP contribution in [-0.2, 0) is 15.3 Å². The lowest BCUT2D eigenvalue weighted by Gasteiger charge is -2.24. The predicted molar refractivity (Wildman–Crippen MR) is 107 cm³/mol. The molecule has 0 spiro atoms. The molecule has 1 aliphatic rings. The van der Waals surface area contributed by atoms with Crippen LogP contribution in [0.25, 0.3) is 6.08 Å². The minimum Gasteiger partial charge on any atom is -0.428 e. The van der Waals surface area contributed by atoms with Gasteiger partial charge in [0.1, 0.15) is 5.82 Å². The van der Waals surface area contributed by atoms with Gasteiger partial charge in [0.25, 0.3) is 0 Å². The van der Waals surface area contributed by atoms with Gasteiger partial charge in [0.05, 0.1) is 0 Å². The summed E-state index contributed by atoms with van der Waals surface area (Å²) in [7, 11) is 0. The van der Waals surface area contributed by atoms with E-state index in [4.69, 9.17) is 9.73 Å². The fourth-order valence-corrected chi connectivity index (χ4v) is 3.19. The van der Waals surface area contributed by atoms with Crippen molar-refractivity contribution in [3.8, 4) is 0 Å². The van der Waals surface area contributed by atoms with Crippen molar-refractivity contribution in [2.45, 2.75) is 12.1 Å². The van der Waals surface area contributed by atoms with Crippen molar-refractivity contribution in [3.05, 3.63) is 114 Å². The van der Waals surface area contributed by atoms with Gasteiger partial charge in [0, 0.05) is 17.5 Å². The van der Waals surface area contributed by atoms with Gasteiger partial charge in [0.2, 0.25) is 5.72 Å². The third-order valence-electron chi connectivity index (χ3n) is 4.59. The molecule has 0 saturated heterocycles. The lowest BCUT2D eigenvalue weighted by molar-refractivity contribution is -0.146. The molecule has 0 aromatic heterocycles. The second kappa shape index (κ2) is 7.61. The van der Waals surface area contributed by atoms with Crippen LogP contribution in [0, 0.1) is 5.82 Å². The van der Waals surface area contributed by atoms with Gasteiger partial charge in [-0.05, 0) is 17.7 Å². The van der Waals surface area contributed by atoms with Crippen LogP contribution in [0.4, 0.5) is 4.39 Å². The number of carbonyl (C=O) groups is 1. The summed E-state index contributed by atoms with van der Waals surface area (Å²) in [6, 6.07) is 25.0. The summed E-state index contributed by atoms with van der Waals surface area (Å²) >= 11 is 0. The fraction of sp³-hybridized carbons (Fsp3) is 0.0833. The fourth-order valence-electron chi connectivity index (χ4n) is 3.19. The maximum Gasteiger partial charge on any atom is 0.359 e. The summed E-state index contributed by atoms with van der Waals surface area (Å²) in [5.41, 5.74) is 1.60. The highest BCUT2D eigenvalue weighted by Gasteiger charge is 2.43. The van der Waals surface area contributed by atoms with Gasteiger partial charge in [-0.3, -0.25) is 0 Å². The summed E-state index contributed by atoms with van der Waals surface area (Å²) in [6.45, 7) is 0. The number of hydrogen-bond donors (Lipinski definition) is 0. The van der Waals surface area contributed by atoms with E-state index in [1.54, 1.807) is 12.1 Å². The maximum atomic E-state index is 13.1.